The molecule has 1 aromatic heterocycles. The molecule has 0 radical (unpaired) electrons. The van der Waals surface area contributed by atoms with E-state index in [4.69, 9.17) is 0 Å². The molecule has 186 valence electrons. The minimum Gasteiger partial charge on any atom is -0.325 e. The van der Waals surface area contributed by atoms with Gasteiger partial charge in [0, 0.05) is 25.3 Å². The third-order valence-electron chi connectivity index (χ3n) is 5.53. The van der Waals surface area contributed by atoms with Crippen molar-refractivity contribution < 1.29 is 18.0 Å². The third kappa shape index (κ3) is 5.72. The Balaban J connectivity index is 1.91. The van der Waals surface area contributed by atoms with Crippen molar-refractivity contribution in [2.75, 3.05) is 17.3 Å². The molecule has 2 aromatic carbocycles. The lowest BCUT2D eigenvalue weighted by molar-refractivity contribution is -0.117. The Kier molecular flexibility index (Phi) is 7.98. The van der Waals surface area contributed by atoms with Gasteiger partial charge in [0.2, 0.25) is 15.9 Å². The molecule has 3 rings (SSSR count). The average Bonchev–Trinajstić information content (AvgIpc) is 2.83. The highest BCUT2D eigenvalue weighted by Crippen LogP contribution is 2.17. The summed E-state index contributed by atoms with van der Waals surface area (Å²) in [5.74, 6) is -0.152. The first-order valence-electron chi connectivity index (χ1n) is 10.6. The van der Waals surface area contributed by atoms with E-state index in [0.29, 0.717) is 22.5 Å². The molecule has 0 saturated carbocycles. The molecule has 1 atom stereocenters. The Hall–Kier alpha value is -3.22. The molecule has 0 aliphatic heterocycles. The van der Waals surface area contributed by atoms with Crippen LogP contribution in [0.1, 0.15) is 23.7 Å². The van der Waals surface area contributed by atoms with Crippen LogP contribution >= 0.6 is 11.8 Å². The van der Waals surface area contributed by atoms with Crippen LogP contribution in [0, 0.1) is 0 Å². The Bertz CT molecular complexity index is 1510. The first kappa shape index (κ1) is 26.4. The Labute approximate surface area is 206 Å². The molecule has 0 spiro atoms. The maximum Gasteiger partial charge on any atom is 0.330 e. The van der Waals surface area contributed by atoms with Crippen molar-refractivity contribution in [3.63, 3.8) is 0 Å². The van der Waals surface area contributed by atoms with Crippen LogP contribution in [-0.2, 0) is 28.9 Å². The van der Waals surface area contributed by atoms with Gasteiger partial charge in [0.1, 0.15) is 6.04 Å². The SMILES string of the molecule is CSCC[C@@H](NS(=O)(=O)c1ccc2c(c1)c(=O)n(C)c(=O)n2C)C(=O)Nc1ccc(C(C)=O)cc1. The summed E-state index contributed by atoms with van der Waals surface area (Å²) < 4.78 is 30.9. The minimum absolute atomic E-state index is 0.0631. The molecule has 3 aromatic rings. The fraction of sp³-hybridized carbons (Fsp3) is 0.304. The molecule has 12 heteroatoms. The third-order valence-corrected chi connectivity index (χ3v) is 7.65. The number of aromatic nitrogens is 2. The fourth-order valence-electron chi connectivity index (χ4n) is 3.49. The number of ketones is 1. The van der Waals surface area contributed by atoms with Crippen LogP contribution < -0.4 is 21.3 Å². The molecule has 0 unspecified atom stereocenters. The molecule has 35 heavy (non-hydrogen) atoms. The zero-order valence-electron chi connectivity index (χ0n) is 19.7. The van der Waals surface area contributed by atoms with Crippen molar-refractivity contribution in [2.24, 2.45) is 14.1 Å². The number of carbonyl (C=O) groups excluding carboxylic acids is 2. The molecule has 0 aliphatic rings. The van der Waals surface area contributed by atoms with Crippen molar-refractivity contribution in [1.29, 1.82) is 0 Å². The summed E-state index contributed by atoms with van der Waals surface area (Å²) in [7, 11) is -1.39. The van der Waals surface area contributed by atoms with E-state index in [9.17, 15) is 27.6 Å². The number of rotatable bonds is 9. The number of hydrogen-bond donors (Lipinski definition) is 2. The second-order valence-electron chi connectivity index (χ2n) is 7.96. The maximum absolute atomic E-state index is 13.2. The van der Waals surface area contributed by atoms with Gasteiger partial charge in [-0.2, -0.15) is 16.5 Å². The van der Waals surface area contributed by atoms with Crippen LogP contribution in [0.4, 0.5) is 5.69 Å². The van der Waals surface area contributed by atoms with Gasteiger partial charge in [-0.15, -0.1) is 0 Å². The molecule has 2 N–H and O–H groups in total. The molecule has 1 amide bonds. The van der Waals surface area contributed by atoms with E-state index < -0.39 is 33.2 Å². The van der Waals surface area contributed by atoms with Gasteiger partial charge in [-0.25, -0.2) is 13.2 Å². The summed E-state index contributed by atoms with van der Waals surface area (Å²) in [5, 5.41) is 2.74. The van der Waals surface area contributed by atoms with E-state index in [2.05, 4.69) is 10.0 Å². The van der Waals surface area contributed by atoms with Gasteiger partial charge < -0.3 is 5.32 Å². The van der Waals surface area contributed by atoms with Gasteiger partial charge in [-0.05, 0) is 67.8 Å². The number of anilines is 1. The zero-order valence-corrected chi connectivity index (χ0v) is 21.3. The first-order valence-corrected chi connectivity index (χ1v) is 13.5. The second kappa shape index (κ2) is 10.6. The van der Waals surface area contributed by atoms with Crippen LogP contribution in [0.3, 0.4) is 0 Å². The molecule has 0 fully saturated rings. The highest BCUT2D eigenvalue weighted by atomic mass is 32.2. The number of thioether (sulfide) groups is 1. The topological polar surface area (TPSA) is 136 Å². The van der Waals surface area contributed by atoms with E-state index >= 15 is 0 Å². The predicted molar refractivity (Wildman–Crippen MR) is 137 cm³/mol. The quantitative estimate of drug-likeness (QED) is 0.410. The summed E-state index contributed by atoms with van der Waals surface area (Å²) in [6, 6.07) is 9.07. The number of amides is 1. The highest BCUT2D eigenvalue weighted by Gasteiger charge is 2.26. The smallest absolute Gasteiger partial charge is 0.325 e. The van der Waals surface area contributed by atoms with Crippen LogP contribution in [0.2, 0.25) is 0 Å². The summed E-state index contributed by atoms with van der Waals surface area (Å²) in [6.07, 6.45) is 2.06. The Morgan fingerprint density at radius 1 is 1.03 bits per heavy atom. The second-order valence-corrected chi connectivity index (χ2v) is 10.7. The molecule has 0 aliphatic carbocycles. The van der Waals surface area contributed by atoms with Crippen molar-refractivity contribution >= 4 is 50.1 Å². The van der Waals surface area contributed by atoms with E-state index in [1.807, 2.05) is 6.26 Å². The predicted octanol–water partition coefficient (Wildman–Crippen LogP) is 1.48. The fourth-order valence-corrected chi connectivity index (χ4v) is 5.22. The number of nitrogens with zero attached hydrogens (tertiary/aromatic N) is 2. The number of benzene rings is 2. The first-order chi connectivity index (χ1) is 16.5. The summed E-state index contributed by atoms with van der Waals surface area (Å²) in [5.41, 5.74) is 0.0565. The zero-order chi connectivity index (χ0) is 25.9. The van der Waals surface area contributed by atoms with E-state index in [-0.39, 0.29) is 22.5 Å². The monoisotopic (exact) mass is 518 g/mol. The number of sulfonamides is 1. The summed E-state index contributed by atoms with van der Waals surface area (Å²) in [4.78, 5) is 48.9. The van der Waals surface area contributed by atoms with Crippen molar-refractivity contribution in [1.82, 2.24) is 13.9 Å². The standard InChI is InChI=1S/C23H26N4O6S2/c1-14(28)15-5-7-16(8-6-15)24-21(29)19(11-12-34-4)25-35(32,33)17-9-10-20-18(13-17)22(30)27(3)23(31)26(20)2/h5-10,13,19,25H,11-12H2,1-4H3,(H,24,29)/t19-/m1/s1. The number of carbonyl (C=O) groups is 2. The molecule has 0 saturated heterocycles. The van der Waals surface area contributed by atoms with E-state index in [1.54, 1.807) is 24.3 Å². The maximum atomic E-state index is 13.2. The molecule has 10 nitrogen and oxygen atoms in total. The van der Waals surface area contributed by atoms with Crippen LogP contribution in [0.5, 0.6) is 0 Å². The van der Waals surface area contributed by atoms with Gasteiger partial charge in [-0.3, -0.25) is 23.5 Å². The van der Waals surface area contributed by atoms with Gasteiger partial charge in [0.15, 0.2) is 5.78 Å². The normalized spacial score (nSPS) is 12.5. The lowest BCUT2D eigenvalue weighted by Crippen LogP contribution is -2.44. The number of aryl methyl sites for hydroxylation is 1. The van der Waals surface area contributed by atoms with E-state index in [0.717, 1.165) is 4.57 Å². The molecule has 0 bridgehead atoms. The van der Waals surface area contributed by atoms with Crippen molar-refractivity contribution in [2.45, 2.75) is 24.3 Å². The average molecular weight is 519 g/mol. The largest absolute Gasteiger partial charge is 0.330 e. The number of fused-ring (bicyclic) bond motifs is 1. The summed E-state index contributed by atoms with van der Waals surface area (Å²) >= 11 is 1.46. The number of nitrogens with one attached hydrogen (secondary N) is 2. The summed E-state index contributed by atoms with van der Waals surface area (Å²) in [6.45, 7) is 1.43. The van der Waals surface area contributed by atoms with Crippen LogP contribution in [0.15, 0.2) is 56.9 Å². The lowest BCUT2D eigenvalue weighted by Gasteiger charge is -2.19. The van der Waals surface area contributed by atoms with Crippen molar-refractivity contribution in [3.05, 3.63) is 68.9 Å². The Morgan fingerprint density at radius 3 is 2.29 bits per heavy atom. The molecular weight excluding hydrogens is 492 g/mol. The number of hydrogen-bond acceptors (Lipinski definition) is 7. The number of Topliss-reactive ketones (excluding diaryl/α,β-unsaturated/α-hetero) is 1. The van der Waals surface area contributed by atoms with E-state index in [1.165, 1.54) is 55.5 Å². The minimum atomic E-state index is -4.19. The van der Waals surface area contributed by atoms with Gasteiger partial charge in [0.25, 0.3) is 5.56 Å². The van der Waals surface area contributed by atoms with Crippen molar-refractivity contribution in [3.8, 4) is 0 Å². The molecule has 1 heterocycles. The molecular formula is C23H26N4O6S2. The van der Waals surface area contributed by atoms with Crippen LogP contribution in [-0.4, -0.2) is 47.3 Å². The van der Waals surface area contributed by atoms with Gasteiger partial charge >= 0.3 is 5.69 Å². The van der Waals surface area contributed by atoms with Gasteiger partial charge in [-0.1, -0.05) is 0 Å². The Morgan fingerprint density at radius 2 is 1.69 bits per heavy atom. The van der Waals surface area contributed by atoms with Gasteiger partial charge in [0.05, 0.1) is 15.8 Å². The van der Waals surface area contributed by atoms with Crippen LogP contribution in [0.25, 0.3) is 10.9 Å². The lowest BCUT2D eigenvalue weighted by atomic mass is 10.1. The highest BCUT2D eigenvalue weighted by molar-refractivity contribution is 7.98.